The summed E-state index contributed by atoms with van der Waals surface area (Å²) in [4.78, 5) is 61.6. The van der Waals surface area contributed by atoms with Gasteiger partial charge in [0.05, 0.1) is 19.2 Å². The van der Waals surface area contributed by atoms with Crippen molar-refractivity contribution in [3.63, 3.8) is 0 Å². The molecule has 5 rings (SSSR count). The Kier molecular flexibility index (Phi) is 11.7. The van der Waals surface area contributed by atoms with Gasteiger partial charge in [0.2, 0.25) is 11.8 Å². The van der Waals surface area contributed by atoms with Crippen molar-refractivity contribution >= 4 is 45.1 Å². The Morgan fingerprint density at radius 2 is 1.87 bits per heavy atom. The van der Waals surface area contributed by atoms with Crippen LogP contribution in [-0.2, 0) is 29.3 Å². The predicted octanol–water partition coefficient (Wildman–Crippen LogP) is 3.19. The summed E-state index contributed by atoms with van der Waals surface area (Å²) in [6.45, 7) is 9.11. The molecule has 292 valence electrons. The zero-order valence-electron chi connectivity index (χ0n) is 31.8. The second kappa shape index (κ2) is 15.5. The number of nitrogens with one attached hydrogen (secondary N) is 3. The van der Waals surface area contributed by atoms with Crippen LogP contribution in [0.5, 0.6) is 11.8 Å². The van der Waals surface area contributed by atoms with Gasteiger partial charge in [-0.25, -0.2) is 9.52 Å². The number of hydrogen-bond acceptors (Lipinski definition) is 10. The number of benzene rings is 1. The molecule has 5 atom stereocenters. The standard InChI is InChI=1S/C36H53N7O9S/c1-22(2)43-26-17-14-18-28(50-8)29(26)38-33(43)51-24-19-27-30(44)39-36(32(46)40-53(48,49)41(6)7)20-23(36)15-12-10-9-11-13-16-25(31(45)42(27)21-24)37-34(47)52-35(3,4)5/h12,14-15,17-18,22-25,27H,9-11,13,16,19-21H2,1-8H3,(H,37,47)(H,39,44)(H,40,46)/b15-12-/t23-,24-,25+,27+,36-/m1/s1. The second-order valence-electron chi connectivity index (χ2n) is 15.4. The van der Waals surface area contributed by atoms with E-state index in [1.165, 1.54) is 19.0 Å². The summed E-state index contributed by atoms with van der Waals surface area (Å²) in [7, 11) is -0.0269. The average molecular weight is 760 g/mol. The maximum Gasteiger partial charge on any atom is 0.408 e. The van der Waals surface area contributed by atoms with E-state index in [0.717, 1.165) is 22.7 Å². The first-order valence-corrected chi connectivity index (χ1v) is 19.6. The number of allylic oxidation sites excluding steroid dienone is 1. The van der Waals surface area contributed by atoms with Gasteiger partial charge in [-0.05, 0) is 72.4 Å². The first-order valence-electron chi connectivity index (χ1n) is 18.1. The molecule has 2 fully saturated rings. The monoisotopic (exact) mass is 759 g/mol. The smallest absolute Gasteiger partial charge is 0.408 e. The SMILES string of the molecule is COc1cccc2c1nc(O[C@@H]1C[C@H]3C(=O)N[C@]4(C(=O)NS(=O)(=O)N(C)C)C[C@H]4/C=C\CCCCC[C@H](NC(=O)OC(C)(C)C)C(=O)N3C1)n2C(C)C. The molecule has 1 saturated heterocycles. The Bertz CT molecular complexity index is 1850. The number of carbonyl (C=O) groups is 4. The van der Waals surface area contributed by atoms with Crippen LogP contribution in [0.25, 0.3) is 11.0 Å². The molecule has 2 aliphatic heterocycles. The lowest BCUT2D eigenvalue weighted by atomic mass is 10.0. The van der Waals surface area contributed by atoms with Crippen molar-refractivity contribution in [1.29, 1.82) is 0 Å². The number of amides is 4. The summed E-state index contributed by atoms with van der Waals surface area (Å²) >= 11 is 0. The van der Waals surface area contributed by atoms with Crippen LogP contribution < -0.4 is 24.8 Å². The van der Waals surface area contributed by atoms with E-state index in [2.05, 4.69) is 15.4 Å². The van der Waals surface area contributed by atoms with Gasteiger partial charge in [0.25, 0.3) is 11.9 Å². The molecule has 1 aromatic carbocycles. The predicted molar refractivity (Wildman–Crippen MR) is 196 cm³/mol. The molecule has 3 aliphatic rings. The third-order valence-corrected chi connectivity index (χ3v) is 11.1. The largest absolute Gasteiger partial charge is 0.494 e. The van der Waals surface area contributed by atoms with Gasteiger partial charge in [-0.1, -0.05) is 31.1 Å². The van der Waals surface area contributed by atoms with Gasteiger partial charge in [-0.15, -0.1) is 0 Å². The third-order valence-electron chi connectivity index (χ3n) is 9.70. The maximum atomic E-state index is 14.5. The number of carbonyl (C=O) groups excluding carboxylic acids is 4. The summed E-state index contributed by atoms with van der Waals surface area (Å²) in [6.07, 6.45) is 5.62. The molecule has 3 heterocycles. The fraction of sp³-hybridized carbons (Fsp3) is 0.639. The van der Waals surface area contributed by atoms with Gasteiger partial charge >= 0.3 is 16.3 Å². The van der Waals surface area contributed by atoms with Crippen molar-refractivity contribution in [3.05, 3.63) is 30.4 Å². The van der Waals surface area contributed by atoms with Crippen LogP contribution in [0.1, 0.15) is 85.6 Å². The minimum absolute atomic E-state index is 0.0284. The van der Waals surface area contributed by atoms with Gasteiger partial charge in [-0.3, -0.25) is 19.0 Å². The molecular formula is C36H53N7O9S. The van der Waals surface area contributed by atoms with E-state index in [0.29, 0.717) is 30.5 Å². The van der Waals surface area contributed by atoms with E-state index >= 15 is 0 Å². The third kappa shape index (κ3) is 8.88. The Hall–Kier alpha value is -4.38. The number of fused-ring (bicyclic) bond motifs is 3. The number of alkyl carbamates (subject to hydrolysis) is 1. The first-order chi connectivity index (χ1) is 24.9. The Balaban J connectivity index is 1.51. The average Bonchev–Trinajstić information content (AvgIpc) is 3.38. The Morgan fingerprint density at radius 1 is 1.13 bits per heavy atom. The number of hydrogen-bond donors (Lipinski definition) is 3. The fourth-order valence-corrected chi connectivity index (χ4v) is 7.48. The molecule has 4 amide bonds. The molecule has 17 heteroatoms. The number of ether oxygens (including phenoxy) is 3. The first kappa shape index (κ1) is 39.8. The Labute approximate surface area is 311 Å². The van der Waals surface area contributed by atoms with E-state index in [1.54, 1.807) is 33.9 Å². The van der Waals surface area contributed by atoms with Crippen molar-refractivity contribution in [2.45, 2.75) is 115 Å². The summed E-state index contributed by atoms with van der Waals surface area (Å²) in [6, 6.07) is 3.62. The molecule has 1 aliphatic carbocycles. The molecule has 16 nitrogen and oxygen atoms in total. The van der Waals surface area contributed by atoms with E-state index in [-0.39, 0.29) is 31.4 Å². The van der Waals surface area contributed by atoms with Gasteiger partial charge in [0, 0.05) is 32.5 Å². The van der Waals surface area contributed by atoms with Crippen molar-refractivity contribution in [1.82, 2.24) is 34.1 Å². The zero-order chi connectivity index (χ0) is 38.9. The lowest BCUT2D eigenvalue weighted by Gasteiger charge is -2.30. The van der Waals surface area contributed by atoms with Gasteiger partial charge in [0.1, 0.15) is 40.6 Å². The van der Waals surface area contributed by atoms with Crippen molar-refractivity contribution in [3.8, 4) is 11.8 Å². The second-order valence-corrected chi connectivity index (χ2v) is 17.3. The molecule has 53 heavy (non-hydrogen) atoms. The number of imidazole rings is 1. The van der Waals surface area contributed by atoms with Crippen LogP contribution in [0.15, 0.2) is 30.4 Å². The van der Waals surface area contributed by atoms with Crippen molar-refractivity contribution in [2.75, 3.05) is 27.7 Å². The molecule has 0 spiro atoms. The quantitative estimate of drug-likeness (QED) is 0.337. The molecule has 1 saturated carbocycles. The molecule has 2 aromatic rings. The summed E-state index contributed by atoms with van der Waals surface area (Å²) in [5.74, 6) is -1.93. The van der Waals surface area contributed by atoms with Crippen LogP contribution >= 0.6 is 0 Å². The van der Waals surface area contributed by atoms with E-state index < -0.39 is 69.3 Å². The summed E-state index contributed by atoms with van der Waals surface area (Å²) in [5, 5.41) is 5.58. The lowest BCUT2D eigenvalue weighted by molar-refractivity contribution is -0.141. The molecule has 0 unspecified atom stereocenters. The van der Waals surface area contributed by atoms with Gasteiger partial charge in [0.15, 0.2) is 0 Å². The zero-order valence-corrected chi connectivity index (χ0v) is 32.6. The van der Waals surface area contributed by atoms with Crippen LogP contribution in [0.3, 0.4) is 0 Å². The van der Waals surface area contributed by atoms with Crippen LogP contribution in [-0.4, -0.2) is 108 Å². The van der Waals surface area contributed by atoms with E-state index in [4.69, 9.17) is 19.2 Å². The molecule has 0 bridgehead atoms. The lowest BCUT2D eigenvalue weighted by Crippen LogP contribution is -2.58. The van der Waals surface area contributed by atoms with Crippen molar-refractivity contribution < 1.29 is 41.8 Å². The normalized spacial score (nSPS) is 26.2. The minimum Gasteiger partial charge on any atom is -0.494 e. The van der Waals surface area contributed by atoms with Crippen LogP contribution in [0.2, 0.25) is 0 Å². The van der Waals surface area contributed by atoms with Crippen molar-refractivity contribution in [2.24, 2.45) is 5.92 Å². The number of methoxy groups -OCH3 is 1. The van der Waals surface area contributed by atoms with E-state index in [9.17, 15) is 27.6 Å². The number of aromatic nitrogens is 2. The minimum atomic E-state index is -4.17. The Morgan fingerprint density at radius 3 is 2.53 bits per heavy atom. The number of rotatable bonds is 8. The van der Waals surface area contributed by atoms with Gasteiger partial charge < -0.3 is 29.7 Å². The fourth-order valence-electron chi connectivity index (χ4n) is 6.88. The summed E-state index contributed by atoms with van der Waals surface area (Å²) in [5.41, 5.74) is -0.989. The maximum absolute atomic E-state index is 14.5. The topological polar surface area (TPSA) is 190 Å². The molecule has 0 radical (unpaired) electrons. The number of para-hydroxylation sites is 1. The molecular weight excluding hydrogens is 707 g/mol. The van der Waals surface area contributed by atoms with E-state index in [1.807, 2.05) is 42.7 Å². The molecule has 3 N–H and O–H groups in total. The van der Waals surface area contributed by atoms with Crippen LogP contribution in [0.4, 0.5) is 4.79 Å². The van der Waals surface area contributed by atoms with Gasteiger partial charge in [-0.2, -0.15) is 17.7 Å². The van der Waals surface area contributed by atoms with Crippen LogP contribution in [0, 0.1) is 5.92 Å². The molecule has 1 aromatic heterocycles. The highest BCUT2D eigenvalue weighted by Gasteiger charge is 2.61. The highest BCUT2D eigenvalue weighted by atomic mass is 32.2. The summed E-state index contributed by atoms with van der Waals surface area (Å²) < 4.78 is 47.8. The highest BCUT2D eigenvalue weighted by molar-refractivity contribution is 7.87. The number of nitrogens with zero attached hydrogens (tertiary/aromatic N) is 4. The highest BCUT2D eigenvalue weighted by Crippen LogP contribution is 2.46.